The lowest BCUT2D eigenvalue weighted by Crippen LogP contribution is -2.45. The lowest BCUT2D eigenvalue weighted by molar-refractivity contribution is -0.127. The Bertz CT molecular complexity index is 443. The Balaban J connectivity index is 2.80. The lowest BCUT2D eigenvalue weighted by atomic mass is 9.76. The predicted octanol–water partition coefficient (Wildman–Crippen LogP) is 3.47. The van der Waals surface area contributed by atoms with Gasteiger partial charge in [0, 0.05) is 5.92 Å². The SMILES string of the molecule is CC(C)CC(C(=O)NS(=O)(=O)C1CCCCC1)C(C)(C)C. The number of hydrogen-bond acceptors (Lipinski definition) is 3. The van der Waals surface area contributed by atoms with E-state index < -0.39 is 15.3 Å². The van der Waals surface area contributed by atoms with Crippen molar-refractivity contribution in [1.82, 2.24) is 4.72 Å². The third-order valence-corrected chi connectivity index (χ3v) is 6.14. The van der Waals surface area contributed by atoms with Crippen molar-refractivity contribution >= 4 is 15.9 Å². The van der Waals surface area contributed by atoms with Crippen LogP contribution < -0.4 is 4.72 Å². The molecule has 0 aromatic rings. The van der Waals surface area contributed by atoms with Crippen LogP contribution in [0.3, 0.4) is 0 Å². The standard InChI is InChI=1S/C16H31NO3S/c1-12(2)11-14(16(3,4)5)15(18)17-21(19,20)13-9-7-6-8-10-13/h12-14H,6-11H2,1-5H3,(H,17,18). The van der Waals surface area contributed by atoms with Crippen molar-refractivity contribution in [3.63, 3.8) is 0 Å². The highest BCUT2D eigenvalue weighted by Crippen LogP contribution is 2.32. The average molecular weight is 317 g/mol. The second-order valence-corrected chi connectivity index (χ2v) is 9.78. The number of nitrogens with one attached hydrogen (secondary N) is 1. The van der Waals surface area contributed by atoms with Crippen LogP contribution in [0.15, 0.2) is 0 Å². The summed E-state index contributed by atoms with van der Waals surface area (Å²) in [7, 11) is -3.52. The Hall–Kier alpha value is -0.580. The summed E-state index contributed by atoms with van der Waals surface area (Å²) in [5.41, 5.74) is -0.240. The van der Waals surface area contributed by atoms with Gasteiger partial charge in [-0.3, -0.25) is 9.52 Å². The number of amides is 1. The topological polar surface area (TPSA) is 63.2 Å². The third-order valence-electron chi connectivity index (χ3n) is 4.30. The monoisotopic (exact) mass is 317 g/mol. The van der Waals surface area contributed by atoms with Crippen molar-refractivity contribution in [2.75, 3.05) is 0 Å². The molecule has 0 heterocycles. The van der Waals surface area contributed by atoms with E-state index >= 15 is 0 Å². The maximum atomic E-state index is 12.5. The van der Waals surface area contributed by atoms with Crippen molar-refractivity contribution in [1.29, 1.82) is 0 Å². The Labute approximate surface area is 130 Å². The zero-order chi connectivity index (χ0) is 16.3. The van der Waals surface area contributed by atoms with Crippen LogP contribution in [0.1, 0.15) is 73.1 Å². The van der Waals surface area contributed by atoms with Gasteiger partial charge in [-0.2, -0.15) is 0 Å². The normalized spacial score (nSPS) is 19.5. The summed E-state index contributed by atoms with van der Waals surface area (Å²) in [6.45, 7) is 10.1. The van der Waals surface area contributed by atoms with Gasteiger partial charge in [-0.25, -0.2) is 8.42 Å². The van der Waals surface area contributed by atoms with E-state index in [1.165, 1.54) is 0 Å². The maximum absolute atomic E-state index is 12.5. The molecule has 5 heteroatoms. The predicted molar refractivity (Wildman–Crippen MR) is 86.3 cm³/mol. The van der Waals surface area contributed by atoms with Crippen LogP contribution in [-0.2, 0) is 14.8 Å². The second kappa shape index (κ2) is 7.12. The van der Waals surface area contributed by atoms with E-state index in [0.717, 1.165) is 19.3 Å². The van der Waals surface area contributed by atoms with Gasteiger partial charge in [0.25, 0.3) is 0 Å². The molecule has 1 atom stereocenters. The summed E-state index contributed by atoms with van der Waals surface area (Å²) in [6.07, 6.45) is 5.02. The van der Waals surface area contributed by atoms with Gasteiger partial charge in [-0.15, -0.1) is 0 Å². The number of sulfonamides is 1. The first kappa shape index (κ1) is 18.5. The molecule has 0 radical (unpaired) electrons. The van der Waals surface area contributed by atoms with E-state index in [9.17, 15) is 13.2 Å². The molecule has 0 aromatic carbocycles. The molecule has 1 saturated carbocycles. The molecule has 1 amide bonds. The molecule has 0 bridgehead atoms. The number of hydrogen-bond donors (Lipinski definition) is 1. The fourth-order valence-corrected chi connectivity index (χ4v) is 4.54. The van der Waals surface area contributed by atoms with Crippen molar-refractivity contribution in [3.05, 3.63) is 0 Å². The molecule has 1 unspecified atom stereocenters. The highest BCUT2D eigenvalue weighted by Gasteiger charge is 2.36. The molecule has 1 rings (SSSR count). The van der Waals surface area contributed by atoms with Crippen molar-refractivity contribution in [2.45, 2.75) is 78.4 Å². The van der Waals surface area contributed by atoms with Crippen LogP contribution in [0.4, 0.5) is 0 Å². The van der Waals surface area contributed by atoms with Gasteiger partial charge in [0.05, 0.1) is 5.25 Å². The summed E-state index contributed by atoms with van der Waals surface area (Å²) in [5.74, 6) is -0.255. The number of rotatable bonds is 5. The van der Waals surface area contributed by atoms with E-state index in [1.54, 1.807) is 0 Å². The van der Waals surface area contributed by atoms with Crippen LogP contribution in [0.2, 0.25) is 0 Å². The lowest BCUT2D eigenvalue weighted by Gasteiger charge is -2.31. The van der Waals surface area contributed by atoms with Gasteiger partial charge in [0.1, 0.15) is 0 Å². The molecule has 21 heavy (non-hydrogen) atoms. The van der Waals surface area contributed by atoms with Crippen molar-refractivity contribution < 1.29 is 13.2 Å². The first-order chi connectivity index (χ1) is 9.54. The van der Waals surface area contributed by atoms with E-state index in [4.69, 9.17) is 0 Å². The van der Waals surface area contributed by atoms with Crippen molar-refractivity contribution in [3.8, 4) is 0 Å². The minimum absolute atomic E-state index is 0.240. The zero-order valence-corrected chi connectivity index (χ0v) is 14.9. The van der Waals surface area contributed by atoms with Gasteiger partial charge in [-0.05, 0) is 30.6 Å². The highest BCUT2D eigenvalue weighted by molar-refractivity contribution is 7.90. The summed E-state index contributed by atoms with van der Waals surface area (Å²) in [6, 6.07) is 0. The fourth-order valence-electron chi connectivity index (χ4n) is 3.00. The molecule has 1 fully saturated rings. The molecular weight excluding hydrogens is 286 g/mol. The summed E-state index contributed by atoms with van der Waals surface area (Å²) in [4.78, 5) is 12.5. The van der Waals surface area contributed by atoms with Crippen LogP contribution in [0.5, 0.6) is 0 Å². The molecule has 0 aromatic heterocycles. The van der Waals surface area contributed by atoms with Crippen LogP contribution in [0, 0.1) is 17.3 Å². The third kappa shape index (κ3) is 5.61. The Morgan fingerprint density at radius 1 is 1.14 bits per heavy atom. The van der Waals surface area contributed by atoms with E-state index in [-0.39, 0.29) is 17.2 Å². The minimum Gasteiger partial charge on any atom is -0.274 e. The first-order valence-electron chi connectivity index (χ1n) is 8.09. The summed E-state index contributed by atoms with van der Waals surface area (Å²) in [5, 5.41) is -0.394. The van der Waals surface area contributed by atoms with E-state index in [0.29, 0.717) is 25.2 Å². The van der Waals surface area contributed by atoms with E-state index in [2.05, 4.69) is 18.6 Å². The Kier molecular flexibility index (Phi) is 6.26. The number of carbonyl (C=O) groups is 1. The smallest absolute Gasteiger partial charge is 0.237 e. The second-order valence-electron chi connectivity index (χ2n) is 7.82. The molecule has 0 saturated heterocycles. The van der Waals surface area contributed by atoms with Crippen molar-refractivity contribution in [2.24, 2.45) is 17.3 Å². The van der Waals surface area contributed by atoms with Gasteiger partial charge in [-0.1, -0.05) is 53.9 Å². The van der Waals surface area contributed by atoms with E-state index in [1.807, 2.05) is 20.8 Å². The number of carbonyl (C=O) groups excluding carboxylic acids is 1. The van der Waals surface area contributed by atoms with Crippen LogP contribution in [0.25, 0.3) is 0 Å². The molecular formula is C16H31NO3S. The zero-order valence-electron chi connectivity index (χ0n) is 14.1. The van der Waals surface area contributed by atoms with Gasteiger partial charge < -0.3 is 0 Å². The summed E-state index contributed by atoms with van der Waals surface area (Å²) >= 11 is 0. The molecule has 0 spiro atoms. The Morgan fingerprint density at radius 3 is 2.10 bits per heavy atom. The van der Waals surface area contributed by atoms with Gasteiger partial charge >= 0.3 is 0 Å². The molecule has 1 N–H and O–H groups in total. The largest absolute Gasteiger partial charge is 0.274 e. The highest BCUT2D eigenvalue weighted by atomic mass is 32.2. The molecule has 0 aliphatic heterocycles. The molecule has 1 aliphatic carbocycles. The molecule has 4 nitrogen and oxygen atoms in total. The Morgan fingerprint density at radius 2 is 1.67 bits per heavy atom. The average Bonchev–Trinajstić information content (AvgIpc) is 2.35. The fraction of sp³-hybridized carbons (Fsp3) is 0.938. The quantitative estimate of drug-likeness (QED) is 0.844. The van der Waals surface area contributed by atoms with Crippen LogP contribution in [-0.4, -0.2) is 19.6 Å². The van der Waals surface area contributed by atoms with Crippen LogP contribution >= 0.6 is 0 Å². The molecule has 124 valence electrons. The minimum atomic E-state index is -3.52. The summed E-state index contributed by atoms with van der Waals surface area (Å²) < 4.78 is 27.1. The van der Waals surface area contributed by atoms with Gasteiger partial charge in [0.15, 0.2) is 0 Å². The van der Waals surface area contributed by atoms with Gasteiger partial charge in [0.2, 0.25) is 15.9 Å². The maximum Gasteiger partial charge on any atom is 0.237 e. The molecule has 1 aliphatic rings. The first-order valence-corrected chi connectivity index (χ1v) is 9.64.